The molecule has 1 unspecified atom stereocenters. The van der Waals surface area contributed by atoms with Crippen molar-refractivity contribution in [3.8, 4) is 0 Å². The van der Waals surface area contributed by atoms with Crippen molar-refractivity contribution in [2.75, 3.05) is 6.54 Å². The Hall–Kier alpha value is -0.870. The fraction of sp³-hybridized carbons (Fsp3) is 0.667. The Morgan fingerprint density at radius 3 is 3.00 bits per heavy atom. The summed E-state index contributed by atoms with van der Waals surface area (Å²) >= 11 is 0. The number of aliphatic hydroxyl groups is 1. The van der Waals surface area contributed by atoms with Crippen LogP contribution in [0, 0.1) is 6.92 Å². The molecule has 0 aliphatic heterocycles. The Bertz CT molecular complexity index is 246. The van der Waals surface area contributed by atoms with Crippen LogP contribution in [0.25, 0.3) is 0 Å². The second-order valence-electron chi connectivity index (χ2n) is 3.25. The molecule has 1 rings (SSSR count). The van der Waals surface area contributed by atoms with Crippen molar-refractivity contribution in [1.29, 1.82) is 0 Å². The van der Waals surface area contributed by atoms with E-state index < -0.39 is 0 Å². The molecule has 1 aromatic rings. The Kier molecular flexibility index (Phi) is 3.92. The molecule has 0 aliphatic carbocycles. The summed E-state index contributed by atoms with van der Waals surface area (Å²) in [6.45, 7) is 5.13. The maximum Gasteiger partial charge on any atom is 0.150 e. The molecule has 4 heteroatoms. The van der Waals surface area contributed by atoms with Crippen LogP contribution in [0.1, 0.15) is 24.8 Å². The molecule has 0 spiro atoms. The van der Waals surface area contributed by atoms with Gasteiger partial charge in [0.1, 0.15) is 0 Å². The van der Waals surface area contributed by atoms with E-state index in [1.165, 1.54) is 0 Å². The van der Waals surface area contributed by atoms with Gasteiger partial charge in [0, 0.05) is 6.07 Å². The monoisotopic (exact) mass is 184 g/mol. The summed E-state index contributed by atoms with van der Waals surface area (Å²) in [5, 5.41) is 15.9. The molecule has 0 radical (unpaired) electrons. The van der Waals surface area contributed by atoms with Crippen LogP contribution in [-0.2, 0) is 6.54 Å². The molecule has 13 heavy (non-hydrogen) atoms. The van der Waals surface area contributed by atoms with E-state index in [0.717, 1.165) is 24.4 Å². The van der Waals surface area contributed by atoms with E-state index in [1.807, 2.05) is 13.0 Å². The Labute approximate surface area is 77.9 Å². The smallest absolute Gasteiger partial charge is 0.150 e. The Morgan fingerprint density at radius 2 is 2.46 bits per heavy atom. The largest absolute Gasteiger partial charge is 0.393 e. The summed E-state index contributed by atoms with van der Waals surface area (Å²) < 4.78 is 5.00. The van der Waals surface area contributed by atoms with Gasteiger partial charge in [-0.2, -0.15) is 0 Å². The van der Waals surface area contributed by atoms with E-state index in [1.54, 1.807) is 6.92 Å². The van der Waals surface area contributed by atoms with Crippen LogP contribution in [0.15, 0.2) is 10.6 Å². The van der Waals surface area contributed by atoms with E-state index in [0.29, 0.717) is 6.54 Å². The highest BCUT2D eigenvalue weighted by molar-refractivity contribution is 5.02. The van der Waals surface area contributed by atoms with Gasteiger partial charge in [0.25, 0.3) is 0 Å². The second-order valence-corrected chi connectivity index (χ2v) is 3.25. The Balaban J connectivity index is 2.13. The van der Waals surface area contributed by atoms with Crippen molar-refractivity contribution in [3.63, 3.8) is 0 Å². The van der Waals surface area contributed by atoms with Crippen LogP contribution in [0.4, 0.5) is 0 Å². The molecule has 74 valence electrons. The summed E-state index contributed by atoms with van der Waals surface area (Å²) in [4.78, 5) is 0. The molecule has 1 aromatic heterocycles. The van der Waals surface area contributed by atoms with Crippen LogP contribution in [-0.4, -0.2) is 22.9 Å². The van der Waals surface area contributed by atoms with Crippen molar-refractivity contribution in [1.82, 2.24) is 10.5 Å². The molecule has 0 saturated heterocycles. The van der Waals surface area contributed by atoms with Gasteiger partial charge < -0.3 is 14.9 Å². The topological polar surface area (TPSA) is 58.3 Å². The SMILES string of the molecule is Cc1cc(CNCCC(C)O)on1. The lowest BCUT2D eigenvalue weighted by Gasteiger charge is -2.03. The molecule has 0 aromatic carbocycles. The lowest BCUT2D eigenvalue weighted by molar-refractivity contribution is 0.183. The normalized spacial score (nSPS) is 13.2. The highest BCUT2D eigenvalue weighted by atomic mass is 16.5. The number of nitrogens with one attached hydrogen (secondary N) is 1. The lowest BCUT2D eigenvalue weighted by atomic mass is 10.3. The second kappa shape index (κ2) is 4.99. The fourth-order valence-electron chi connectivity index (χ4n) is 1.02. The van der Waals surface area contributed by atoms with Gasteiger partial charge in [0.2, 0.25) is 0 Å². The molecule has 4 nitrogen and oxygen atoms in total. The fourth-order valence-corrected chi connectivity index (χ4v) is 1.02. The average Bonchev–Trinajstić information content (AvgIpc) is 2.45. The number of aryl methyl sites for hydroxylation is 1. The van der Waals surface area contributed by atoms with Crippen molar-refractivity contribution in [3.05, 3.63) is 17.5 Å². The van der Waals surface area contributed by atoms with E-state index >= 15 is 0 Å². The van der Waals surface area contributed by atoms with Crippen LogP contribution in [0.2, 0.25) is 0 Å². The van der Waals surface area contributed by atoms with Gasteiger partial charge in [0.05, 0.1) is 18.3 Å². The minimum atomic E-state index is -0.246. The van der Waals surface area contributed by atoms with Crippen molar-refractivity contribution in [2.24, 2.45) is 0 Å². The predicted octanol–water partition coefficient (Wildman–Crippen LogP) is 0.844. The standard InChI is InChI=1S/C9H16N2O2/c1-7-5-9(13-11-7)6-10-4-3-8(2)12/h5,8,10,12H,3-4,6H2,1-2H3. The number of hydrogen-bond donors (Lipinski definition) is 2. The van der Waals surface area contributed by atoms with Gasteiger partial charge in [-0.1, -0.05) is 5.16 Å². The van der Waals surface area contributed by atoms with Crippen LogP contribution >= 0.6 is 0 Å². The molecular formula is C9H16N2O2. The molecule has 0 aliphatic rings. The van der Waals surface area contributed by atoms with E-state index in [9.17, 15) is 0 Å². The highest BCUT2D eigenvalue weighted by Gasteiger charge is 2.00. The van der Waals surface area contributed by atoms with Crippen molar-refractivity contribution < 1.29 is 9.63 Å². The van der Waals surface area contributed by atoms with E-state index in [4.69, 9.17) is 9.63 Å². The van der Waals surface area contributed by atoms with Crippen molar-refractivity contribution in [2.45, 2.75) is 32.9 Å². The van der Waals surface area contributed by atoms with E-state index in [-0.39, 0.29) is 6.10 Å². The molecule has 0 saturated carbocycles. The van der Waals surface area contributed by atoms with Gasteiger partial charge >= 0.3 is 0 Å². The summed E-state index contributed by atoms with van der Waals surface area (Å²) in [6.07, 6.45) is 0.511. The third-order valence-corrected chi connectivity index (χ3v) is 1.71. The molecule has 0 bridgehead atoms. The number of hydrogen-bond acceptors (Lipinski definition) is 4. The number of aliphatic hydroxyl groups excluding tert-OH is 1. The number of nitrogens with zero attached hydrogens (tertiary/aromatic N) is 1. The van der Waals surface area contributed by atoms with Crippen LogP contribution < -0.4 is 5.32 Å². The third-order valence-electron chi connectivity index (χ3n) is 1.71. The van der Waals surface area contributed by atoms with Crippen molar-refractivity contribution >= 4 is 0 Å². The zero-order valence-electron chi connectivity index (χ0n) is 8.08. The number of rotatable bonds is 5. The predicted molar refractivity (Wildman–Crippen MR) is 49.2 cm³/mol. The van der Waals surface area contributed by atoms with Gasteiger partial charge in [-0.15, -0.1) is 0 Å². The van der Waals surface area contributed by atoms with Gasteiger partial charge in [-0.25, -0.2) is 0 Å². The molecular weight excluding hydrogens is 168 g/mol. The van der Waals surface area contributed by atoms with Gasteiger partial charge in [-0.3, -0.25) is 0 Å². The summed E-state index contributed by atoms with van der Waals surface area (Å²) in [5.74, 6) is 0.836. The first kappa shape index (κ1) is 10.2. The molecule has 1 heterocycles. The van der Waals surface area contributed by atoms with Gasteiger partial charge in [-0.05, 0) is 26.8 Å². The minimum absolute atomic E-state index is 0.246. The molecule has 0 fully saturated rings. The summed E-state index contributed by atoms with van der Waals surface area (Å²) in [5.41, 5.74) is 0.896. The molecule has 0 amide bonds. The maximum absolute atomic E-state index is 8.98. The zero-order valence-corrected chi connectivity index (χ0v) is 8.08. The van der Waals surface area contributed by atoms with Crippen LogP contribution in [0.5, 0.6) is 0 Å². The van der Waals surface area contributed by atoms with Crippen LogP contribution in [0.3, 0.4) is 0 Å². The van der Waals surface area contributed by atoms with E-state index in [2.05, 4.69) is 10.5 Å². The number of aromatic nitrogens is 1. The first-order chi connectivity index (χ1) is 6.18. The first-order valence-electron chi connectivity index (χ1n) is 4.49. The third kappa shape index (κ3) is 4.05. The summed E-state index contributed by atoms with van der Waals surface area (Å²) in [6, 6.07) is 1.90. The first-order valence-corrected chi connectivity index (χ1v) is 4.49. The summed E-state index contributed by atoms with van der Waals surface area (Å²) in [7, 11) is 0. The molecule has 2 N–H and O–H groups in total. The molecule has 1 atom stereocenters. The Morgan fingerprint density at radius 1 is 1.69 bits per heavy atom. The average molecular weight is 184 g/mol. The quantitative estimate of drug-likeness (QED) is 0.666. The minimum Gasteiger partial charge on any atom is -0.393 e. The lowest BCUT2D eigenvalue weighted by Crippen LogP contribution is -2.18. The maximum atomic E-state index is 8.98. The highest BCUT2D eigenvalue weighted by Crippen LogP contribution is 2.00. The zero-order chi connectivity index (χ0) is 9.68. The van der Waals surface area contributed by atoms with Gasteiger partial charge in [0.15, 0.2) is 5.76 Å².